The van der Waals surface area contributed by atoms with Crippen molar-refractivity contribution in [2.45, 2.75) is 0 Å². The number of hydrogen-bond acceptors (Lipinski definition) is 7. The minimum absolute atomic E-state index is 0.156. The molecule has 1 N–H and O–H groups in total. The van der Waals surface area contributed by atoms with E-state index in [2.05, 4.69) is 16.4 Å². The number of benzene rings is 2. The predicted octanol–water partition coefficient (Wildman–Crippen LogP) is 4.06. The molecule has 3 rings (SSSR count). The second-order valence-electron chi connectivity index (χ2n) is 5.94. The first-order chi connectivity index (χ1) is 13.0. The van der Waals surface area contributed by atoms with Gasteiger partial charge in [0.2, 0.25) is 5.78 Å². The van der Waals surface area contributed by atoms with Gasteiger partial charge in [0, 0.05) is 25.3 Å². The van der Waals surface area contributed by atoms with Crippen LogP contribution in [-0.4, -0.2) is 32.0 Å². The highest BCUT2D eigenvalue weighted by Crippen LogP contribution is 2.33. The predicted molar refractivity (Wildman–Crippen MR) is 107 cm³/mol. The minimum Gasteiger partial charge on any atom is -0.497 e. The number of carbonyl (C=O) groups is 1. The van der Waals surface area contributed by atoms with E-state index in [4.69, 9.17) is 10.00 Å². The van der Waals surface area contributed by atoms with Crippen molar-refractivity contribution in [3.05, 3.63) is 64.5 Å². The molecular formula is C20H18N4O2S. The molecule has 0 aliphatic carbocycles. The third-order valence-corrected chi connectivity index (χ3v) is 4.79. The van der Waals surface area contributed by atoms with Crippen LogP contribution in [0.3, 0.4) is 0 Å². The quantitative estimate of drug-likeness (QED) is 0.652. The van der Waals surface area contributed by atoms with Crippen LogP contribution >= 0.6 is 11.3 Å². The second kappa shape index (κ2) is 7.89. The first kappa shape index (κ1) is 18.4. The van der Waals surface area contributed by atoms with E-state index in [-0.39, 0.29) is 5.78 Å². The van der Waals surface area contributed by atoms with Gasteiger partial charge in [-0.1, -0.05) is 23.5 Å². The van der Waals surface area contributed by atoms with E-state index in [0.717, 1.165) is 11.4 Å². The molecule has 27 heavy (non-hydrogen) atoms. The number of methoxy groups -OCH3 is 1. The van der Waals surface area contributed by atoms with E-state index in [9.17, 15) is 4.79 Å². The molecule has 6 nitrogen and oxygen atoms in total. The number of ether oxygens (including phenoxy) is 1. The van der Waals surface area contributed by atoms with Gasteiger partial charge in [-0.15, -0.1) is 0 Å². The number of anilines is 3. The lowest BCUT2D eigenvalue weighted by atomic mass is 10.1. The van der Waals surface area contributed by atoms with E-state index in [0.29, 0.717) is 27.0 Å². The third kappa shape index (κ3) is 4.07. The van der Waals surface area contributed by atoms with E-state index < -0.39 is 0 Å². The molecule has 0 radical (unpaired) electrons. The summed E-state index contributed by atoms with van der Waals surface area (Å²) in [6.45, 7) is 0. The molecule has 1 aromatic heterocycles. The summed E-state index contributed by atoms with van der Waals surface area (Å²) in [5.41, 5.74) is 1.77. The number of nitriles is 1. The van der Waals surface area contributed by atoms with Crippen LogP contribution in [0.15, 0.2) is 48.5 Å². The number of nitrogens with zero attached hydrogens (tertiary/aromatic N) is 3. The lowest BCUT2D eigenvalue weighted by Gasteiger charge is -2.10. The molecule has 0 spiro atoms. The highest BCUT2D eigenvalue weighted by molar-refractivity contribution is 7.18. The minimum atomic E-state index is -0.156. The fourth-order valence-electron chi connectivity index (χ4n) is 2.48. The number of thiazole rings is 1. The number of ketones is 1. The fraction of sp³-hybridized carbons (Fsp3) is 0.150. The zero-order valence-electron chi connectivity index (χ0n) is 15.2. The number of carbonyl (C=O) groups excluding carboxylic acids is 1. The van der Waals surface area contributed by atoms with Crippen LogP contribution < -0.4 is 15.0 Å². The largest absolute Gasteiger partial charge is 0.497 e. The summed E-state index contributed by atoms with van der Waals surface area (Å²) >= 11 is 1.28. The van der Waals surface area contributed by atoms with Crippen molar-refractivity contribution in [3.63, 3.8) is 0 Å². The van der Waals surface area contributed by atoms with Crippen molar-refractivity contribution in [1.29, 1.82) is 5.26 Å². The van der Waals surface area contributed by atoms with Crippen molar-refractivity contribution in [2.24, 2.45) is 0 Å². The first-order valence-electron chi connectivity index (χ1n) is 8.16. The van der Waals surface area contributed by atoms with E-state index in [1.165, 1.54) is 11.3 Å². The monoisotopic (exact) mass is 378 g/mol. The molecular weight excluding hydrogens is 360 g/mol. The van der Waals surface area contributed by atoms with Crippen LogP contribution in [0, 0.1) is 11.3 Å². The number of rotatable bonds is 6. The second-order valence-corrected chi connectivity index (χ2v) is 6.94. The summed E-state index contributed by atoms with van der Waals surface area (Å²) in [4.78, 5) is 19.9. The Hall–Kier alpha value is -3.37. The van der Waals surface area contributed by atoms with Gasteiger partial charge in [0.05, 0.1) is 18.7 Å². The van der Waals surface area contributed by atoms with Gasteiger partial charge < -0.3 is 15.0 Å². The molecule has 136 valence electrons. The van der Waals surface area contributed by atoms with E-state index >= 15 is 0 Å². The molecule has 0 bridgehead atoms. The van der Waals surface area contributed by atoms with Crippen LogP contribution in [0.5, 0.6) is 5.75 Å². The zero-order chi connectivity index (χ0) is 19.4. The van der Waals surface area contributed by atoms with Crippen LogP contribution in [0.25, 0.3) is 0 Å². The van der Waals surface area contributed by atoms with Gasteiger partial charge >= 0.3 is 0 Å². The molecule has 2 aromatic carbocycles. The Labute approximate surface area is 161 Å². The van der Waals surface area contributed by atoms with Gasteiger partial charge in [-0.25, -0.2) is 4.98 Å². The molecule has 0 amide bonds. The van der Waals surface area contributed by atoms with Crippen LogP contribution in [0.2, 0.25) is 0 Å². The van der Waals surface area contributed by atoms with Crippen LogP contribution in [0.1, 0.15) is 20.8 Å². The van der Waals surface area contributed by atoms with E-state index in [1.807, 2.05) is 38.4 Å². The molecule has 3 aromatic rings. The topological polar surface area (TPSA) is 78.2 Å². The molecule has 0 saturated heterocycles. The number of nitrogens with one attached hydrogen (secondary N) is 1. The van der Waals surface area contributed by atoms with Crippen molar-refractivity contribution in [1.82, 2.24) is 4.98 Å². The molecule has 0 atom stereocenters. The Morgan fingerprint density at radius 3 is 2.59 bits per heavy atom. The fourth-order valence-corrected chi connectivity index (χ4v) is 3.50. The normalized spacial score (nSPS) is 10.1. The van der Waals surface area contributed by atoms with Crippen molar-refractivity contribution in [3.8, 4) is 11.8 Å². The standard InChI is InChI=1S/C20H18N4O2S/c1-24(2)19-18(17(25)14-6-4-5-13(11-14)12-21)27-20(23-19)22-15-7-9-16(26-3)10-8-15/h4-11H,1-3H3,(H,22,23). The zero-order valence-corrected chi connectivity index (χ0v) is 16.0. The van der Waals surface area contributed by atoms with Gasteiger partial charge in [-0.3, -0.25) is 4.79 Å². The molecule has 0 aliphatic heterocycles. The third-order valence-electron chi connectivity index (χ3n) is 3.83. The Kier molecular flexibility index (Phi) is 5.38. The average molecular weight is 378 g/mol. The highest BCUT2D eigenvalue weighted by atomic mass is 32.1. The van der Waals surface area contributed by atoms with E-state index in [1.54, 1.807) is 36.3 Å². The lowest BCUT2D eigenvalue weighted by Crippen LogP contribution is -2.13. The van der Waals surface area contributed by atoms with Gasteiger partial charge in [0.1, 0.15) is 10.6 Å². The lowest BCUT2D eigenvalue weighted by molar-refractivity contribution is 0.104. The Bertz CT molecular complexity index is 1000. The molecule has 0 saturated carbocycles. The average Bonchev–Trinajstić information content (AvgIpc) is 3.12. The summed E-state index contributed by atoms with van der Waals surface area (Å²) in [6, 6.07) is 16.2. The van der Waals surface area contributed by atoms with Crippen LogP contribution in [0.4, 0.5) is 16.6 Å². The molecule has 0 aliphatic rings. The van der Waals surface area contributed by atoms with Gasteiger partial charge in [-0.05, 0) is 36.4 Å². The van der Waals surface area contributed by atoms with Crippen molar-refractivity contribution in [2.75, 3.05) is 31.4 Å². The maximum Gasteiger partial charge on any atom is 0.206 e. The van der Waals surface area contributed by atoms with Gasteiger partial charge in [0.25, 0.3) is 0 Å². The SMILES string of the molecule is COc1ccc(Nc2nc(N(C)C)c(C(=O)c3cccc(C#N)c3)s2)cc1. The summed E-state index contributed by atoms with van der Waals surface area (Å²) in [6.07, 6.45) is 0. The van der Waals surface area contributed by atoms with Crippen LogP contribution in [-0.2, 0) is 0 Å². The van der Waals surface area contributed by atoms with Crippen molar-refractivity contribution < 1.29 is 9.53 Å². The Morgan fingerprint density at radius 2 is 1.96 bits per heavy atom. The summed E-state index contributed by atoms with van der Waals surface area (Å²) in [5.74, 6) is 1.20. The maximum atomic E-state index is 13.0. The molecule has 1 heterocycles. The summed E-state index contributed by atoms with van der Waals surface area (Å²) < 4.78 is 5.16. The smallest absolute Gasteiger partial charge is 0.206 e. The molecule has 0 fully saturated rings. The first-order valence-corrected chi connectivity index (χ1v) is 8.97. The molecule has 7 heteroatoms. The van der Waals surface area contributed by atoms with Gasteiger partial charge in [-0.2, -0.15) is 5.26 Å². The maximum absolute atomic E-state index is 13.0. The Balaban J connectivity index is 1.92. The Morgan fingerprint density at radius 1 is 1.22 bits per heavy atom. The summed E-state index contributed by atoms with van der Waals surface area (Å²) in [7, 11) is 5.30. The molecule has 0 unspecified atom stereocenters. The summed E-state index contributed by atoms with van der Waals surface area (Å²) in [5, 5.41) is 12.9. The van der Waals surface area contributed by atoms with Crippen molar-refractivity contribution >= 4 is 33.8 Å². The number of hydrogen-bond donors (Lipinski definition) is 1. The highest BCUT2D eigenvalue weighted by Gasteiger charge is 2.21. The van der Waals surface area contributed by atoms with Gasteiger partial charge in [0.15, 0.2) is 10.9 Å². The number of aromatic nitrogens is 1.